The Morgan fingerprint density at radius 1 is 1.22 bits per heavy atom. The van der Waals surface area contributed by atoms with E-state index in [-0.39, 0.29) is 11.9 Å². The first-order valence-corrected chi connectivity index (χ1v) is 7.14. The van der Waals surface area contributed by atoms with Gasteiger partial charge in [0.15, 0.2) is 0 Å². The number of amides is 1. The van der Waals surface area contributed by atoms with Crippen LogP contribution in [0, 0.1) is 11.3 Å². The summed E-state index contributed by atoms with van der Waals surface area (Å²) in [6.07, 6.45) is 4.84. The molecule has 1 fully saturated rings. The van der Waals surface area contributed by atoms with Gasteiger partial charge in [0.05, 0.1) is 12.1 Å². The van der Waals surface area contributed by atoms with E-state index in [1.807, 2.05) is 11.8 Å². The number of carbonyl (C=O) groups excluding carboxylic acids is 1. The monoisotopic (exact) mass is 251 g/mol. The largest absolute Gasteiger partial charge is 0.340 e. The molecule has 0 aliphatic carbocycles. The summed E-state index contributed by atoms with van der Waals surface area (Å²) < 4.78 is 0. The quantitative estimate of drug-likeness (QED) is 0.678. The second-order valence-electron chi connectivity index (χ2n) is 4.93. The summed E-state index contributed by atoms with van der Waals surface area (Å²) in [7, 11) is 0. The number of unbranched alkanes of at least 4 members (excludes halogenated alkanes) is 2. The molecule has 0 spiro atoms. The van der Waals surface area contributed by atoms with Gasteiger partial charge in [-0.1, -0.05) is 26.7 Å². The number of hydrogen-bond donors (Lipinski definition) is 0. The molecule has 4 nitrogen and oxygen atoms in total. The predicted octanol–water partition coefficient (Wildman–Crippen LogP) is 2.01. The van der Waals surface area contributed by atoms with Gasteiger partial charge in [-0.3, -0.25) is 9.69 Å². The van der Waals surface area contributed by atoms with Crippen LogP contribution < -0.4 is 0 Å². The number of hydrogen-bond acceptors (Lipinski definition) is 3. The molecule has 0 saturated carbocycles. The van der Waals surface area contributed by atoms with Crippen molar-refractivity contribution in [2.75, 3.05) is 26.2 Å². The fourth-order valence-electron chi connectivity index (χ4n) is 2.40. The minimum Gasteiger partial charge on any atom is -0.340 e. The molecule has 4 heteroatoms. The SMILES string of the molecule is CCCCCC(=O)N1CCN(C(C#N)CC)CC1. The standard InChI is InChI=1S/C14H25N3O/c1-3-5-6-7-14(18)17-10-8-16(9-11-17)13(4-2)12-15/h13H,3-11H2,1-2H3. The number of rotatable bonds is 6. The van der Waals surface area contributed by atoms with Gasteiger partial charge in [-0.2, -0.15) is 5.26 Å². The molecule has 0 radical (unpaired) electrons. The molecule has 0 aromatic rings. The highest BCUT2D eigenvalue weighted by Crippen LogP contribution is 2.11. The number of nitrogens with zero attached hydrogens (tertiary/aromatic N) is 3. The van der Waals surface area contributed by atoms with E-state index >= 15 is 0 Å². The zero-order valence-electron chi connectivity index (χ0n) is 11.7. The average molecular weight is 251 g/mol. The lowest BCUT2D eigenvalue weighted by atomic mass is 10.1. The molecule has 1 rings (SSSR count). The maximum absolute atomic E-state index is 11.9. The van der Waals surface area contributed by atoms with Crippen LogP contribution in [-0.2, 0) is 4.79 Å². The summed E-state index contributed by atoms with van der Waals surface area (Å²) in [5, 5.41) is 9.02. The Kier molecular flexibility index (Phi) is 6.74. The van der Waals surface area contributed by atoms with Gasteiger partial charge in [-0.25, -0.2) is 0 Å². The van der Waals surface area contributed by atoms with Crippen molar-refractivity contribution in [1.29, 1.82) is 5.26 Å². The zero-order valence-corrected chi connectivity index (χ0v) is 11.7. The van der Waals surface area contributed by atoms with Gasteiger partial charge in [0.2, 0.25) is 5.91 Å². The molecule has 0 N–H and O–H groups in total. The lowest BCUT2D eigenvalue weighted by molar-refractivity contribution is -0.133. The van der Waals surface area contributed by atoms with Crippen LogP contribution in [0.4, 0.5) is 0 Å². The molecule has 102 valence electrons. The van der Waals surface area contributed by atoms with Crippen LogP contribution in [0.1, 0.15) is 46.0 Å². The Morgan fingerprint density at radius 3 is 2.39 bits per heavy atom. The van der Waals surface area contributed by atoms with E-state index in [0.29, 0.717) is 6.42 Å². The number of nitriles is 1. The van der Waals surface area contributed by atoms with Gasteiger partial charge in [-0.15, -0.1) is 0 Å². The topological polar surface area (TPSA) is 47.3 Å². The lowest BCUT2D eigenvalue weighted by Gasteiger charge is -2.36. The highest BCUT2D eigenvalue weighted by atomic mass is 16.2. The highest BCUT2D eigenvalue weighted by molar-refractivity contribution is 5.76. The van der Waals surface area contributed by atoms with Crippen molar-refractivity contribution in [1.82, 2.24) is 9.80 Å². The van der Waals surface area contributed by atoms with E-state index in [2.05, 4.69) is 17.9 Å². The van der Waals surface area contributed by atoms with Crippen molar-refractivity contribution in [3.05, 3.63) is 0 Å². The molecule has 1 aliphatic heterocycles. The molecule has 1 aliphatic rings. The van der Waals surface area contributed by atoms with Crippen LogP contribution in [0.3, 0.4) is 0 Å². The highest BCUT2D eigenvalue weighted by Gasteiger charge is 2.24. The van der Waals surface area contributed by atoms with Crippen LogP contribution in [0.15, 0.2) is 0 Å². The molecule has 0 aromatic heterocycles. The van der Waals surface area contributed by atoms with Crippen molar-refractivity contribution in [2.45, 2.75) is 52.0 Å². The van der Waals surface area contributed by atoms with E-state index in [4.69, 9.17) is 5.26 Å². The van der Waals surface area contributed by atoms with Crippen molar-refractivity contribution in [3.8, 4) is 6.07 Å². The molecule has 18 heavy (non-hydrogen) atoms. The first-order chi connectivity index (χ1) is 8.72. The van der Waals surface area contributed by atoms with Crippen molar-refractivity contribution < 1.29 is 4.79 Å². The molecule has 0 bridgehead atoms. The minimum absolute atomic E-state index is 0.0161. The zero-order chi connectivity index (χ0) is 13.4. The summed E-state index contributed by atoms with van der Waals surface area (Å²) in [5.74, 6) is 0.285. The Balaban J connectivity index is 2.30. The second kappa shape index (κ2) is 8.10. The molecule has 1 unspecified atom stereocenters. The van der Waals surface area contributed by atoms with E-state index in [0.717, 1.165) is 51.9 Å². The molecule has 1 saturated heterocycles. The Labute approximate surface area is 111 Å². The molecular weight excluding hydrogens is 226 g/mol. The van der Waals surface area contributed by atoms with Gasteiger partial charge in [0.1, 0.15) is 0 Å². The van der Waals surface area contributed by atoms with E-state index in [9.17, 15) is 4.79 Å². The average Bonchev–Trinajstić information content (AvgIpc) is 2.41. The summed E-state index contributed by atoms with van der Waals surface area (Å²) in [6.45, 7) is 7.43. The molecule has 1 atom stereocenters. The number of carbonyl (C=O) groups is 1. The smallest absolute Gasteiger partial charge is 0.222 e. The summed E-state index contributed by atoms with van der Waals surface area (Å²) in [6, 6.07) is 2.35. The molecular formula is C14H25N3O. The first kappa shape index (κ1) is 15.0. The third-order valence-electron chi connectivity index (χ3n) is 3.64. The van der Waals surface area contributed by atoms with Gasteiger partial charge < -0.3 is 4.90 Å². The lowest BCUT2D eigenvalue weighted by Crippen LogP contribution is -2.51. The van der Waals surface area contributed by atoms with Crippen LogP contribution in [0.5, 0.6) is 0 Å². The Bertz CT molecular complexity index is 290. The van der Waals surface area contributed by atoms with E-state index < -0.39 is 0 Å². The van der Waals surface area contributed by atoms with Crippen molar-refractivity contribution >= 4 is 5.91 Å². The van der Waals surface area contributed by atoms with Gasteiger partial charge in [0.25, 0.3) is 0 Å². The van der Waals surface area contributed by atoms with Crippen LogP contribution in [0.25, 0.3) is 0 Å². The maximum Gasteiger partial charge on any atom is 0.222 e. The minimum atomic E-state index is 0.0161. The van der Waals surface area contributed by atoms with E-state index in [1.165, 1.54) is 0 Å². The van der Waals surface area contributed by atoms with Crippen LogP contribution in [-0.4, -0.2) is 47.9 Å². The van der Waals surface area contributed by atoms with Gasteiger partial charge in [0, 0.05) is 32.6 Å². The molecule has 1 amide bonds. The third kappa shape index (κ3) is 4.30. The number of piperazine rings is 1. The van der Waals surface area contributed by atoms with Crippen LogP contribution >= 0.6 is 0 Å². The fourth-order valence-corrected chi connectivity index (χ4v) is 2.40. The van der Waals surface area contributed by atoms with Crippen LogP contribution in [0.2, 0.25) is 0 Å². The maximum atomic E-state index is 11.9. The van der Waals surface area contributed by atoms with Crippen molar-refractivity contribution in [2.24, 2.45) is 0 Å². The molecule has 0 aromatic carbocycles. The van der Waals surface area contributed by atoms with E-state index in [1.54, 1.807) is 0 Å². The second-order valence-corrected chi connectivity index (χ2v) is 4.93. The third-order valence-corrected chi connectivity index (χ3v) is 3.64. The first-order valence-electron chi connectivity index (χ1n) is 7.14. The fraction of sp³-hybridized carbons (Fsp3) is 0.857. The summed E-state index contributed by atoms with van der Waals surface area (Å²) in [4.78, 5) is 16.1. The van der Waals surface area contributed by atoms with Crippen molar-refractivity contribution in [3.63, 3.8) is 0 Å². The van der Waals surface area contributed by atoms with Gasteiger partial charge >= 0.3 is 0 Å². The summed E-state index contributed by atoms with van der Waals surface area (Å²) in [5.41, 5.74) is 0. The molecule has 1 heterocycles. The summed E-state index contributed by atoms with van der Waals surface area (Å²) >= 11 is 0. The Hall–Kier alpha value is -1.08. The predicted molar refractivity (Wildman–Crippen MR) is 72.0 cm³/mol. The Morgan fingerprint density at radius 2 is 1.89 bits per heavy atom. The normalized spacial score (nSPS) is 18.4. The van der Waals surface area contributed by atoms with Gasteiger partial charge in [-0.05, 0) is 12.8 Å².